The zero-order chi connectivity index (χ0) is 56.6. The first-order chi connectivity index (χ1) is 36.1. The molecular formula is C69H100ClN5O. The van der Waals surface area contributed by atoms with E-state index >= 15 is 0 Å². The lowest BCUT2D eigenvalue weighted by Crippen LogP contribution is -2.01. The molecule has 0 fully saturated rings. The van der Waals surface area contributed by atoms with E-state index < -0.39 is 0 Å². The van der Waals surface area contributed by atoms with Crippen molar-refractivity contribution in [3.63, 3.8) is 0 Å². The largest absolute Gasteiger partial charge is 0.466 e. The molecule has 0 bridgehead atoms. The molecule has 2 unspecified atom stereocenters. The van der Waals surface area contributed by atoms with Crippen LogP contribution in [0.1, 0.15) is 192 Å². The number of hydrogen-bond donors (Lipinski definition) is 0. The molecule has 2 atom stereocenters. The van der Waals surface area contributed by atoms with Crippen molar-refractivity contribution in [1.82, 2.24) is 24.9 Å². The van der Waals surface area contributed by atoms with Gasteiger partial charge < -0.3 is 4.42 Å². The van der Waals surface area contributed by atoms with Crippen LogP contribution in [0.25, 0.3) is 11.1 Å². The third kappa shape index (κ3) is 28.6. The second-order valence-electron chi connectivity index (χ2n) is 22.9. The van der Waals surface area contributed by atoms with Crippen molar-refractivity contribution in [3.05, 3.63) is 196 Å². The van der Waals surface area contributed by atoms with Crippen LogP contribution in [0.3, 0.4) is 0 Å². The highest BCUT2D eigenvalue weighted by Gasteiger charge is 2.10. The summed E-state index contributed by atoms with van der Waals surface area (Å²) in [7, 11) is 0. The standard InChI is InChI=1S/C14H16N2.2C13H20.C10H16N2.C10H16O.C9H12ClN/c1-11(2)7-12-3-5-13(6-4-12)14-8-15-10-16-9-14;1-11(2)9-10-12(3)13-7-5-4-6-8-13;1-5-12-6-8-13(9-7-12)11(4)10(2)3;1-4-10-11-6-9(7-12-10)5-8(2)3;1-7(2)5-10-6-8(3)9(4)11-10;1-7(2)6-8-4-3-5-11-9(8)10/h3-6,8-11H,7H2,1-2H3;4-8,11-12H,9-10H2,1-3H3;6-11H,5H2,1-4H3;6-8H,4-5H2,1-3H3;6-7H,5H2,1-4H3;3-5,7H,6H2,1-2H3. The number of furan rings is 1. The third-order valence-corrected chi connectivity index (χ3v) is 13.3. The first kappa shape index (κ1) is 66.7. The molecule has 0 radical (unpaired) electrons. The summed E-state index contributed by atoms with van der Waals surface area (Å²) >= 11 is 5.86. The summed E-state index contributed by atoms with van der Waals surface area (Å²) < 4.78 is 5.53. The van der Waals surface area contributed by atoms with E-state index in [2.05, 4.69) is 228 Å². The maximum Gasteiger partial charge on any atom is 0.132 e. The molecule has 0 saturated heterocycles. The topological polar surface area (TPSA) is 77.6 Å². The molecule has 0 N–H and O–H groups in total. The van der Waals surface area contributed by atoms with Crippen LogP contribution in [-0.4, -0.2) is 24.9 Å². The van der Waals surface area contributed by atoms with Gasteiger partial charge in [-0.3, -0.25) is 0 Å². The molecule has 0 aliphatic carbocycles. The van der Waals surface area contributed by atoms with Gasteiger partial charge in [0.05, 0.1) is 0 Å². The Morgan fingerprint density at radius 1 is 0.487 bits per heavy atom. The van der Waals surface area contributed by atoms with Gasteiger partial charge in [-0.15, -0.1) is 0 Å². The van der Waals surface area contributed by atoms with Crippen LogP contribution in [0.4, 0.5) is 0 Å². The number of hydrogen-bond acceptors (Lipinski definition) is 6. The van der Waals surface area contributed by atoms with E-state index in [1.54, 1.807) is 12.5 Å². The highest BCUT2D eigenvalue weighted by molar-refractivity contribution is 6.30. The van der Waals surface area contributed by atoms with Crippen LogP contribution in [0.2, 0.25) is 5.15 Å². The van der Waals surface area contributed by atoms with Gasteiger partial charge in [0.25, 0.3) is 0 Å². The lowest BCUT2D eigenvalue weighted by atomic mass is 9.90. The number of nitrogens with zero attached hydrogens (tertiary/aromatic N) is 5. The molecule has 0 spiro atoms. The quantitative estimate of drug-likeness (QED) is 0.0846. The summed E-state index contributed by atoms with van der Waals surface area (Å²) in [6.45, 7) is 39.7. The first-order valence-corrected chi connectivity index (χ1v) is 28.9. The molecular weight excluding hydrogens is 950 g/mol. The van der Waals surface area contributed by atoms with E-state index in [4.69, 9.17) is 16.0 Å². The second kappa shape index (κ2) is 37.3. The van der Waals surface area contributed by atoms with Crippen LogP contribution in [0, 0.1) is 49.4 Å². The van der Waals surface area contributed by atoms with Crippen molar-refractivity contribution < 1.29 is 4.42 Å². The van der Waals surface area contributed by atoms with Gasteiger partial charge >= 0.3 is 0 Å². The molecule has 414 valence electrons. The Labute approximate surface area is 468 Å². The molecule has 7 aromatic rings. The minimum absolute atomic E-state index is 0.636. The van der Waals surface area contributed by atoms with Gasteiger partial charge in [-0.2, -0.15) is 0 Å². The predicted octanol–water partition coefficient (Wildman–Crippen LogP) is 19.8. The SMILES string of the molecule is CC(C)CCC(C)c1ccccc1.CC(C)Cc1ccc(-c2cncnc2)cc1.CC(C)Cc1cccnc1Cl.CCc1ccc(C(C)C(C)C)cc1.CCc1ncc(CC(C)C)cn1.Cc1cc(CC(C)C)oc1C. The maximum atomic E-state index is 5.86. The Balaban J connectivity index is 0.000000314. The summed E-state index contributed by atoms with van der Waals surface area (Å²) in [6, 6.07) is 34.5. The molecule has 4 aromatic heterocycles. The van der Waals surface area contributed by atoms with E-state index in [9.17, 15) is 0 Å². The summed E-state index contributed by atoms with van der Waals surface area (Å²) in [4.78, 5) is 20.5. The monoisotopic (exact) mass is 1050 g/mol. The minimum Gasteiger partial charge on any atom is -0.466 e. The highest BCUT2D eigenvalue weighted by Crippen LogP contribution is 2.25. The lowest BCUT2D eigenvalue weighted by Gasteiger charge is -2.15. The van der Waals surface area contributed by atoms with Gasteiger partial charge in [-0.25, -0.2) is 24.9 Å². The summed E-state index contributed by atoms with van der Waals surface area (Å²) in [5, 5.41) is 0.640. The molecule has 7 rings (SSSR count). The van der Waals surface area contributed by atoms with E-state index in [0.717, 1.165) is 78.8 Å². The number of aromatic nitrogens is 5. The minimum atomic E-state index is 0.636. The summed E-state index contributed by atoms with van der Waals surface area (Å²) in [5.41, 5.74) is 11.6. The lowest BCUT2D eigenvalue weighted by molar-refractivity contribution is 0.452. The van der Waals surface area contributed by atoms with Gasteiger partial charge in [0.2, 0.25) is 0 Å². The zero-order valence-corrected chi connectivity index (χ0v) is 51.3. The molecule has 6 nitrogen and oxygen atoms in total. The van der Waals surface area contributed by atoms with Crippen molar-refractivity contribution in [2.75, 3.05) is 0 Å². The Morgan fingerprint density at radius 3 is 1.51 bits per heavy atom. The molecule has 0 aliphatic rings. The molecule has 76 heavy (non-hydrogen) atoms. The first-order valence-electron chi connectivity index (χ1n) is 28.5. The fourth-order valence-corrected chi connectivity index (χ4v) is 8.23. The molecule has 4 heterocycles. The van der Waals surface area contributed by atoms with Gasteiger partial charge in [-0.05, 0) is 150 Å². The predicted molar refractivity (Wildman–Crippen MR) is 328 cm³/mol. The average molecular weight is 1050 g/mol. The Bertz CT molecular complexity index is 2490. The fourth-order valence-electron chi connectivity index (χ4n) is 8.03. The highest BCUT2D eigenvalue weighted by atomic mass is 35.5. The van der Waals surface area contributed by atoms with Crippen molar-refractivity contribution >= 4 is 11.6 Å². The van der Waals surface area contributed by atoms with Crippen molar-refractivity contribution in [3.8, 4) is 11.1 Å². The Hall–Kier alpha value is -5.46. The Kier molecular flexibility index (Phi) is 32.7. The number of halogens is 1. The smallest absolute Gasteiger partial charge is 0.132 e. The van der Waals surface area contributed by atoms with Gasteiger partial charge in [0, 0.05) is 49.4 Å². The van der Waals surface area contributed by atoms with Crippen molar-refractivity contribution in [2.45, 2.75) is 188 Å². The molecule has 0 amide bonds. The summed E-state index contributed by atoms with van der Waals surface area (Å²) in [5.74, 6) is 8.75. The summed E-state index contributed by atoms with van der Waals surface area (Å²) in [6.07, 6.45) is 19.8. The van der Waals surface area contributed by atoms with Crippen LogP contribution in [0.15, 0.2) is 139 Å². The van der Waals surface area contributed by atoms with Crippen molar-refractivity contribution in [1.29, 1.82) is 0 Å². The van der Waals surface area contributed by atoms with E-state index in [-0.39, 0.29) is 0 Å². The van der Waals surface area contributed by atoms with E-state index in [1.165, 1.54) is 51.8 Å². The second-order valence-corrected chi connectivity index (χ2v) is 23.3. The normalized spacial score (nSPS) is 11.6. The van der Waals surface area contributed by atoms with Crippen molar-refractivity contribution in [2.24, 2.45) is 35.5 Å². The number of rotatable bonds is 17. The number of benzene rings is 3. The third-order valence-electron chi connectivity index (χ3n) is 13.0. The van der Waals surface area contributed by atoms with Crippen LogP contribution < -0.4 is 0 Å². The zero-order valence-electron chi connectivity index (χ0n) is 50.5. The van der Waals surface area contributed by atoms with E-state index in [0.29, 0.717) is 40.7 Å². The molecule has 3 aromatic carbocycles. The van der Waals surface area contributed by atoms with Gasteiger partial charge in [0.1, 0.15) is 28.8 Å². The Morgan fingerprint density at radius 2 is 1.04 bits per heavy atom. The van der Waals surface area contributed by atoms with Crippen LogP contribution in [0.5, 0.6) is 0 Å². The van der Waals surface area contributed by atoms with Crippen LogP contribution >= 0.6 is 11.6 Å². The van der Waals surface area contributed by atoms with Crippen LogP contribution in [-0.2, 0) is 38.5 Å². The molecule has 0 saturated carbocycles. The number of aryl methyl sites for hydroxylation is 4. The number of pyridine rings is 1. The molecule has 7 heteroatoms. The average Bonchev–Trinajstić information content (AvgIpc) is 3.71. The maximum absolute atomic E-state index is 5.86. The fraction of sp³-hybridized carbons (Fsp3) is 0.493. The molecule has 0 aliphatic heterocycles. The van der Waals surface area contributed by atoms with Gasteiger partial charge in [-0.1, -0.05) is 214 Å². The van der Waals surface area contributed by atoms with E-state index in [1.807, 2.05) is 43.8 Å². The van der Waals surface area contributed by atoms with Gasteiger partial charge in [0.15, 0.2) is 0 Å².